The van der Waals surface area contributed by atoms with Gasteiger partial charge in [-0.15, -0.1) is 0 Å². The van der Waals surface area contributed by atoms with Crippen molar-refractivity contribution < 1.29 is 5.11 Å². The van der Waals surface area contributed by atoms with Crippen molar-refractivity contribution in [2.75, 3.05) is 6.61 Å². The van der Waals surface area contributed by atoms with Gasteiger partial charge >= 0.3 is 0 Å². The molecule has 0 rings (SSSR count). The van der Waals surface area contributed by atoms with Gasteiger partial charge in [-0.05, 0) is 3.20 Å². The first-order valence-electron chi connectivity index (χ1n) is 2.95. The summed E-state index contributed by atoms with van der Waals surface area (Å²) < 4.78 is 1.35. The highest BCUT2D eigenvalue weighted by molar-refractivity contribution is 14.1. The average Bonchev–Trinajstić information content (AvgIpc) is 1.64. The molecule has 0 saturated carbocycles. The van der Waals surface area contributed by atoms with Crippen molar-refractivity contribution in [1.82, 2.24) is 0 Å². The Bertz CT molecular complexity index is 115. The van der Waals surface area contributed by atoms with Crippen molar-refractivity contribution in [3.8, 4) is 0 Å². The zero-order valence-corrected chi connectivity index (χ0v) is 9.27. The molecular weight excluding hydrogens is 243 g/mol. The molecule has 0 fully saturated rings. The van der Waals surface area contributed by atoms with Crippen LogP contribution in [0.15, 0.2) is 9.28 Å². The Kier molecular flexibility index (Phi) is 4.00. The van der Waals surface area contributed by atoms with Crippen molar-refractivity contribution >= 4 is 30.7 Å². The third kappa shape index (κ3) is 4.11. The maximum atomic E-state index is 8.54. The zero-order chi connectivity index (χ0) is 7.49. The van der Waals surface area contributed by atoms with Gasteiger partial charge < -0.3 is 5.11 Å². The quantitative estimate of drug-likeness (QED) is 0.593. The molecular formula is C6H13IOSi. The van der Waals surface area contributed by atoms with Crippen molar-refractivity contribution in [3.05, 3.63) is 9.28 Å². The van der Waals surface area contributed by atoms with Crippen LogP contribution in [-0.4, -0.2) is 19.8 Å². The van der Waals surface area contributed by atoms with Crippen LogP contribution in [0.4, 0.5) is 0 Å². The minimum absolute atomic E-state index is 0.183. The first-order chi connectivity index (χ1) is 3.98. The smallest absolute Gasteiger partial charge is 0.0851 e. The highest BCUT2D eigenvalue weighted by Crippen LogP contribution is 2.20. The molecule has 0 aliphatic heterocycles. The minimum atomic E-state index is -1.09. The Balaban J connectivity index is 4.03. The predicted molar refractivity (Wildman–Crippen MR) is 52.5 cm³/mol. The highest BCUT2D eigenvalue weighted by atomic mass is 127. The van der Waals surface area contributed by atoms with E-state index in [1.807, 2.05) is 6.08 Å². The number of rotatable bonds is 2. The van der Waals surface area contributed by atoms with E-state index >= 15 is 0 Å². The molecule has 1 nitrogen and oxygen atoms in total. The lowest BCUT2D eigenvalue weighted by molar-refractivity contribution is 0.343. The molecule has 0 amide bonds. The first kappa shape index (κ1) is 9.65. The van der Waals surface area contributed by atoms with Gasteiger partial charge in [-0.1, -0.05) is 48.3 Å². The summed E-state index contributed by atoms with van der Waals surface area (Å²) in [6.45, 7) is 6.98. The lowest BCUT2D eigenvalue weighted by Crippen LogP contribution is -2.20. The molecule has 0 radical (unpaired) electrons. The molecule has 0 saturated heterocycles. The Morgan fingerprint density at radius 2 is 2.00 bits per heavy atom. The molecule has 0 bridgehead atoms. The summed E-state index contributed by atoms with van der Waals surface area (Å²) in [6.07, 6.45) is 1.90. The molecule has 0 aromatic heterocycles. The molecule has 1 N–H and O–H groups in total. The fourth-order valence-corrected chi connectivity index (χ4v) is 1.29. The third-order valence-corrected chi connectivity index (χ3v) is 7.92. The summed E-state index contributed by atoms with van der Waals surface area (Å²) in [6, 6.07) is 0. The first-order valence-corrected chi connectivity index (χ1v) is 7.53. The fraction of sp³-hybridized carbons (Fsp3) is 0.667. The zero-order valence-electron chi connectivity index (χ0n) is 6.11. The van der Waals surface area contributed by atoms with E-state index in [0.717, 1.165) is 0 Å². The van der Waals surface area contributed by atoms with Gasteiger partial charge in [0.1, 0.15) is 0 Å². The second kappa shape index (κ2) is 3.73. The Morgan fingerprint density at radius 1 is 1.56 bits per heavy atom. The molecule has 0 aromatic carbocycles. The number of hydrogen-bond acceptors (Lipinski definition) is 1. The number of halogens is 1. The normalized spacial score (nSPS) is 14.1. The molecule has 3 heteroatoms. The largest absolute Gasteiger partial charge is 0.392 e. The second-order valence-corrected chi connectivity index (χ2v) is 10.2. The molecule has 0 unspecified atom stereocenters. The van der Waals surface area contributed by atoms with Crippen LogP contribution < -0.4 is 0 Å². The summed E-state index contributed by atoms with van der Waals surface area (Å²) in [5.41, 5.74) is 0. The van der Waals surface area contributed by atoms with E-state index in [9.17, 15) is 0 Å². The van der Waals surface area contributed by atoms with Crippen molar-refractivity contribution in [2.24, 2.45) is 0 Å². The molecule has 0 aliphatic rings. The monoisotopic (exact) mass is 256 g/mol. The van der Waals surface area contributed by atoms with Gasteiger partial charge in [0.05, 0.1) is 14.7 Å². The molecule has 0 atom stereocenters. The van der Waals surface area contributed by atoms with Gasteiger partial charge in [-0.25, -0.2) is 0 Å². The van der Waals surface area contributed by atoms with Crippen molar-refractivity contribution in [1.29, 1.82) is 0 Å². The topological polar surface area (TPSA) is 20.2 Å². The summed E-state index contributed by atoms with van der Waals surface area (Å²) >= 11 is 2.31. The van der Waals surface area contributed by atoms with Crippen LogP contribution in [-0.2, 0) is 0 Å². The van der Waals surface area contributed by atoms with Gasteiger partial charge in [0, 0.05) is 0 Å². The Hall–Kier alpha value is 0.647. The maximum Gasteiger partial charge on any atom is 0.0851 e. The van der Waals surface area contributed by atoms with Crippen LogP contribution >= 0.6 is 22.6 Å². The predicted octanol–water partition coefficient (Wildman–Crippen LogP) is 2.18. The average molecular weight is 256 g/mol. The van der Waals surface area contributed by atoms with Crippen molar-refractivity contribution in [3.63, 3.8) is 0 Å². The highest BCUT2D eigenvalue weighted by Gasteiger charge is 2.15. The Labute approximate surface area is 71.3 Å². The van der Waals surface area contributed by atoms with Crippen molar-refractivity contribution in [2.45, 2.75) is 19.6 Å². The Morgan fingerprint density at radius 3 is 2.11 bits per heavy atom. The van der Waals surface area contributed by atoms with Gasteiger partial charge in [-0.3, -0.25) is 0 Å². The maximum absolute atomic E-state index is 8.54. The lowest BCUT2D eigenvalue weighted by Gasteiger charge is -2.14. The van der Waals surface area contributed by atoms with Crippen LogP contribution in [0.25, 0.3) is 0 Å². The summed E-state index contributed by atoms with van der Waals surface area (Å²) in [7, 11) is -1.09. The van der Waals surface area contributed by atoms with E-state index in [4.69, 9.17) is 5.11 Å². The van der Waals surface area contributed by atoms with Crippen LogP contribution in [0, 0.1) is 0 Å². The second-order valence-electron chi connectivity index (χ2n) is 2.98. The molecule has 0 aromatic rings. The standard InChI is InChI=1S/C6H13IOSi/c1-9(2,3)6(7)4-5-8/h4,8H,5H2,1-3H3/b6-4+. The summed E-state index contributed by atoms with van der Waals surface area (Å²) in [5, 5.41) is 8.54. The summed E-state index contributed by atoms with van der Waals surface area (Å²) in [5.74, 6) is 0. The summed E-state index contributed by atoms with van der Waals surface area (Å²) in [4.78, 5) is 0. The lowest BCUT2D eigenvalue weighted by atomic mass is 10.7. The fourth-order valence-electron chi connectivity index (χ4n) is 0.386. The van der Waals surface area contributed by atoms with E-state index in [2.05, 4.69) is 42.2 Å². The third-order valence-electron chi connectivity index (χ3n) is 0.987. The minimum Gasteiger partial charge on any atom is -0.392 e. The SMILES string of the molecule is C[Si](C)(C)/C(I)=C/CO. The van der Waals surface area contributed by atoms with E-state index in [1.165, 1.54) is 3.20 Å². The van der Waals surface area contributed by atoms with E-state index in [1.54, 1.807) is 0 Å². The molecule has 0 spiro atoms. The number of aliphatic hydroxyl groups excluding tert-OH is 1. The van der Waals surface area contributed by atoms with Crippen LogP contribution in [0.5, 0.6) is 0 Å². The van der Waals surface area contributed by atoms with Gasteiger partial charge in [0.15, 0.2) is 0 Å². The van der Waals surface area contributed by atoms with Crippen LogP contribution in [0.3, 0.4) is 0 Å². The van der Waals surface area contributed by atoms with Crippen LogP contribution in [0.1, 0.15) is 0 Å². The van der Waals surface area contributed by atoms with E-state index in [0.29, 0.717) is 0 Å². The molecule has 54 valence electrons. The van der Waals surface area contributed by atoms with E-state index < -0.39 is 8.07 Å². The molecule has 9 heavy (non-hydrogen) atoms. The van der Waals surface area contributed by atoms with E-state index in [-0.39, 0.29) is 6.61 Å². The molecule has 0 heterocycles. The number of hydrogen-bond donors (Lipinski definition) is 1. The van der Waals surface area contributed by atoms with Gasteiger partial charge in [-0.2, -0.15) is 0 Å². The number of aliphatic hydroxyl groups is 1. The van der Waals surface area contributed by atoms with Crippen LogP contribution in [0.2, 0.25) is 19.6 Å². The molecule has 0 aliphatic carbocycles. The van der Waals surface area contributed by atoms with Gasteiger partial charge in [0.2, 0.25) is 0 Å². The van der Waals surface area contributed by atoms with Gasteiger partial charge in [0.25, 0.3) is 0 Å².